The van der Waals surface area contributed by atoms with Gasteiger partial charge < -0.3 is 10.5 Å². The maximum atomic E-state index is 13.4. The highest BCUT2D eigenvalue weighted by Gasteiger charge is 2.28. The zero-order chi connectivity index (χ0) is 14.8. The second-order valence-corrected chi connectivity index (χ2v) is 6.79. The predicted molar refractivity (Wildman–Crippen MR) is 73.1 cm³/mol. The molecule has 7 heteroatoms. The van der Waals surface area contributed by atoms with E-state index in [0.29, 0.717) is 26.1 Å². The van der Waals surface area contributed by atoms with Crippen LogP contribution in [0.4, 0.5) is 4.39 Å². The van der Waals surface area contributed by atoms with Gasteiger partial charge >= 0.3 is 0 Å². The third-order valence-electron chi connectivity index (χ3n) is 3.29. The van der Waals surface area contributed by atoms with E-state index in [9.17, 15) is 12.8 Å². The van der Waals surface area contributed by atoms with Crippen molar-refractivity contribution in [2.75, 3.05) is 19.7 Å². The summed E-state index contributed by atoms with van der Waals surface area (Å²) in [6.45, 7) is 3.06. The van der Waals surface area contributed by atoms with Crippen LogP contribution in [-0.2, 0) is 21.3 Å². The fourth-order valence-electron chi connectivity index (χ4n) is 2.19. The molecule has 1 saturated heterocycles. The van der Waals surface area contributed by atoms with Gasteiger partial charge in [-0.3, -0.25) is 0 Å². The standard InChI is InChI=1S/C13H19FN2O3S/c1-10-9-16(5-2-6-19-10)20(17,18)12-3-4-13(14)11(7-12)8-15/h3-4,7,10H,2,5-6,8-9,15H2,1H3. The Kier molecular flexibility index (Phi) is 4.74. The summed E-state index contributed by atoms with van der Waals surface area (Å²) in [5.74, 6) is -0.487. The molecule has 0 amide bonds. The van der Waals surface area contributed by atoms with Crippen molar-refractivity contribution in [2.24, 2.45) is 5.73 Å². The number of ether oxygens (including phenoxy) is 1. The highest BCUT2D eigenvalue weighted by molar-refractivity contribution is 7.89. The highest BCUT2D eigenvalue weighted by Crippen LogP contribution is 2.21. The van der Waals surface area contributed by atoms with Crippen LogP contribution in [0.1, 0.15) is 18.9 Å². The summed E-state index contributed by atoms with van der Waals surface area (Å²) in [4.78, 5) is 0.0773. The molecule has 1 unspecified atom stereocenters. The Balaban J connectivity index is 2.33. The van der Waals surface area contributed by atoms with E-state index in [1.807, 2.05) is 6.92 Å². The lowest BCUT2D eigenvalue weighted by Crippen LogP contribution is -2.36. The van der Waals surface area contributed by atoms with Gasteiger partial charge in [-0.15, -0.1) is 0 Å². The van der Waals surface area contributed by atoms with Crippen molar-refractivity contribution in [3.05, 3.63) is 29.6 Å². The van der Waals surface area contributed by atoms with Crippen LogP contribution in [0.2, 0.25) is 0 Å². The Morgan fingerprint density at radius 2 is 2.25 bits per heavy atom. The van der Waals surface area contributed by atoms with E-state index in [-0.39, 0.29) is 23.1 Å². The molecule has 112 valence electrons. The fraction of sp³-hybridized carbons (Fsp3) is 0.538. The number of sulfonamides is 1. The van der Waals surface area contributed by atoms with Gasteiger partial charge in [-0.2, -0.15) is 4.31 Å². The molecule has 0 aromatic heterocycles. The molecule has 0 bridgehead atoms. The number of hydrogen-bond donors (Lipinski definition) is 1. The molecule has 1 aliphatic rings. The molecule has 0 aliphatic carbocycles. The van der Waals surface area contributed by atoms with Gasteiger partial charge in [-0.1, -0.05) is 0 Å². The van der Waals surface area contributed by atoms with Gasteiger partial charge in [0, 0.05) is 31.8 Å². The molecule has 5 nitrogen and oxygen atoms in total. The molecular formula is C13H19FN2O3S. The van der Waals surface area contributed by atoms with Gasteiger partial charge in [-0.05, 0) is 31.5 Å². The van der Waals surface area contributed by atoms with Crippen LogP contribution in [0, 0.1) is 5.82 Å². The molecule has 2 rings (SSSR count). The number of halogens is 1. The van der Waals surface area contributed by atoms with Crippen LogP contribution in [0.15, 0.2) is 23.1 Å². The maximum Gasteiger partial charge on any atom is 0.243 e. The number of benzene rings is 1. The fourth-order valence-corrected chi connectivity index (χ4v) is 3.80. The molecule has 0 radical (unpaired) electrons. The normalized spacial score (nSPS) is 21.6. The van der Waals surface area contributed by atoms with Gasteiger partial charge in [0.2, 0.25) is 10.0 Å². The summed E-state index contributed by atoms with van der Waals surface area (Å²) in [7, 11) is -3.64. The first kappa shape index (κ1) is 15.4. The molecule has 1 aromatic rings. The van der Waals surface area contributed by atoms with Crippen molar-refractivity contribution in [1.82, 2.24) is 4.31 Å². The van der Waals surface area contributed by atoms with E-state index in [1.54, 1.807) is 0 Å². The first-order valence-electron chi connectivity index (χ1n) is 6.55. The van der Waals surface area contributed by atoms with Crippen LogP contribution >= 0.6 is 0 Å². The third-order valence-corrected chi connectivity index (χ3v) is 5.15. The average molecular weight is 302 g/mol. The van der Waals surface area contributed by atoms with Gasteiger partial charge in [-0.25, -0.2) is 12.8 Å². The minimum absolute atomic E-state index is 0.0330. The molecule has 1 atom stereocenters. The Morgan fingerprint density at radius 1 is 1.50 bits per heavy atom. The predicted octanol–water partition coefficient (Wildman–Crippen LogP) is 1.08. The van der Waals surface area contributed by atoms with Crippen molar-refractivity contribution >= 4 is 10.0 Å². The van der Waals surface area contributed by atoms with Gasteiger partial charge in [0.05, 0.1) is 11.0 Å². The molecule has 2 N–H and O–H groups in total. The van der Waals surface area contributed by atoms with Gasteiger partial charge in [0.15, 0.2) is 0 Å². The monoisotopic (exact) mass is 302 g/mol. The van der Waals surface area contributed by atoms with Crippen molar-refractivity contribution < 1.29 is 17.5 Å². The van der Waals surface area contributed by atoms with Crippen LogP contribution in [-0.4, -0.2) is 38.5 Å². The second kappa shape index (κ2) is 6.17. The Hall–Kier alpha value is -1.02. The van der Waals surface area contributed by atoms with Crippen LogP contribution in [0.25, 0.3) is 0 Å². The maximum absolute atomic E-state index is 13.4. The summed E-state index contributed by atoms with van der Waals surface area (Å²) in [5, 5.41) is 0. The summed E-state index contributed by atoms with van der Waals surface area (Å²) in [5.41, 5.74) is 5.62. The first-order valence-corrected chi connectivity index (χ1v) is 7.99. The molecule has 1 fully saturated rings. The summed E-state index contributed by atoms with van der Waals surface area (Å²) in [6, 6.07) is 3.73. The molecule has 1 heterocycles. The van der Waals surface area contributed by atoms with E-state index >= 15 is 0 Å². The van der Waals surface area contributed by atoms with Crippen molar-refractivity contribution in [3.63, 3.8) is 0 Å². The number of hydrogen-bond acceptors (Lipinski definition) is 4. The van der Waals surface area contributed by atoms with Crippen LogP contribution in [0.3, 0.4) is 0 Å². The SMILES string of the molecule is CC1CN(S(=O)(=O)c2ccc(F)c(CN)c2)CCCO1. The zero-order valence-corrected chi connectivity index (χ0v) is 12.2. The number of rotatable bonds is 3. The molecule has 20 heavy (non-hydrogen) atoms. The first-order chi connectivity index (χ1) is 9.45. The lowest BCUT2D eigenvalue weighted by Gasteiger charge is -2.22. The minimum atomic E-state index is -3.64. The Bertz CT molecular complexity index is 577. The third kappa shape index (κ3) is 3.17. The molecule has 0 spiro atoms. The lowest BCUT2D eigenvalue weighted by atomic mass is 10.2. The van der Waals surface area contributed by atoms with Crippen LogP contribution < -0.4 is 5.73 Å². The molecular weight excluding hydrogens is 283 g/mol. The largest absolute Gasteiger partial charge is 0.377 e. The molecule has 1 aromatic carbocycles. The van der Waals surface area contributed by atoms with Gasteiger partial charge in [0.1, 0.15) is 5.82 Å². The average Bonchev–Trinajstić information content (AvgIpc) is 2.64. The lowest BCUT2D eigenvalue weighted by molar-refractivity contribution is 0.0752. The summed E-state index contributed by atoms with van der Waals surface area (Å²) in [6.07, 6.45) is 0.496. The second-order valence-electron chi connectivity index (χ2n) is 4.86. The van der Waals surface area contributed by atoms with Crippen molar-refractivity contribution in [3.8, 4) is 0 Å². The van der Waals surface area contributed by atoms with E-state index in [2.05, 4.69) is 0 Å². The van der Waals surface area contributed by atoms with Crippen LogP contribution in [0.5, 0.6) is 0 Å². The minimum Gasteiger partial charge on any atom is -0.377 e. The number of nitrogens with zero attached hydrogens (tertiary/aromatic N) is 1. The van der Waals surface area contributed by atoms with Crippen molar-refractivity contribution in [2.45, 2.75) is 30.9 Å². The highest BCUT2D eigenvalue weighted by atomic mass is 32.2. The molecule has 0 saturated carbocycles. The summed E-state index contributed by atoms with van der Waals surface area (Å²) >= 11 is 0. The van der Waals surface area contributed by atoms with E-state index in [1.165, 1.54) is 16.4 Å². The van der Waals surface area contributed by atoms with E-state index in [0.717, 1.165) is 6.07 Å². The van der Waals surface area contributed by atoms with E-state index < -0.39 is 15.8 Å². The van der Waals surface area contributed by atoms with Crippen molar-refractivity contribution in [1.29, 1.82) is 0 Å². The summed E-state index contributed by atoms with van der Waals surface area (Å²) < 4.78 is 45.4. The van der Waals surface area contributed by atoms with Gasteiger partial charge in [0.25, 0.3) is 0 Å². The topological polar surface area (TPSA) is 72.6 Å². The Labute approximate surface area is 118 Å². The quantitative estimate of drug-likeness (QED) is 0.907. The number of nitrogens with two attached hydrogens (primary N) is 1. The Morgan fingerprint density at radius 3 is 2.95 bits per heavy atom. The zero-order valence-electron chi connectivity index (χ0n) is 11.4. The smallest absolute Gasteiger partial charge is 0.243 e. The van der Waals surface area contributed by atoms with E-state index in [4.69, 9.17) is 10.5 Å². The molecule has 1 aliphatic heterocycles.